The summed E-state index contributed by atoms with van der Waals surface area (Å²) in [5, 5.41) is 0. The van der Waals surface area contributed by atoms with E-state index < -0.39 is 6.04 Å². The number of rotatable bonds is 5. The molecule has 0 unspecified atom stereocenters. The zero-order valence-corrected chi connectivity index (χ0v) is 9.86. The van der Waals surface area contributed by atoms with Gasteiger partial charge in [0.1, 0.15) is 0 Å². The Morgan fingerprint density at radius 3 is 2.88 bits per heavy atom. The van der Waals surface area contributed by atoms with Crippen molar-refractivity contribution in [1.29, 1.82) is 0 Å². The highest BCUT2D eigenvalue weighted by Crippen LogP contribution is 2.09. The number of carbonyl (C=O) groups excluding carboxylic acids is 1. The molecule has 3 N–H and O–H groups in total. The lowest BCUT2D eigenvalue weighted by atomic mass is 10.1. The summed E-state index contributed by atoms with van der Waals surface area (Å²) in [5.74, 6) is -0.224. The van der Waals surface area contributed by atoms with Gasteiger partial charge in [0.05, 0.1) is 23.7 Å². The topological polar surface area (TPSA) is 81.0 Å². The quantitative estimate of drug-likeness (QED) is 0.776. The smallest absolute Gasteiger partial charge is 0.181 e. The molecule has 0 aliphatic rings. The van der Waals surface area contributed by atoms with Crippen molar-refractivity contribution < 1.29 is 9.53 Å². The second-order valence-corrected chi connectivity index (χ2v) is 4.62. The molecule has 1 aromatic heterocycles. The van der Waals surface area contributed by atoms with Gasteiger partial charge in [-0.3, -0.25) is 4.79 Å². The van der Waals surface area contributed by atoms with Crippen LogP contribution in [0.1, 0.15) is 26.5 Å². The van der Waals surface area contributed by atoms with E-state index in [1.807, 2.05) is 20.8 Å². The van der Waals surface area contributed by atoms with Crippen LogP contribution in [0.4, 0.5) is 0 Å². The number of aromatic amines is 1. The summed E-state index contributed by atoms with van der Waals surface area (Å²) in [5.41, 5.74) is 6.12. The number of nitrogens with one attached hydrogen (secondary N) is 1. The summed E-state index contributed by atoms with van der Waals surface area (Å²) < 4.78 is 5.25. The van der Waals surface area contributed by atoms with Crippen LogP contribution in [0.25, 0.3) is 0 Å². The van der Waals surface area contributed by atoms with Crippen LogP contribution in [0.3, 0.4) is 0 Å². The molecule has 1 rings (SSSR count). The van der Waals surface area contributed by atoms with Gasteiger partial charge in [0.25, 0.3) is 0 Å². The molecule has 1 aromatic rings. The van der Waals surface area contributed by atoms with Gasteiger partial charge in [0.2, 0.25) is 0 Å². The second-order valence-electron chi connectivity index (χ2n) is 4.62. The zero-order chi connectivity index (χ0) is 12.2. The maximum absolute atomic E-state index is 11.6. The fourth-order valence-electron chi connectivity index (χ4n) is 1.05. The first-order chi connectivity index (χ1) is 7.38. The van der Waals surface area contributed by atoms with Gasteiger partial charge in [-0.1, -0.05) is 0 Å². The number of Topliss-reactive ketones (excluding diaryl/α,β-unsaturated/α-hetero) is 1. The average molecular weight is 224 g/mol. The van der Waals surface area contributed by atoms with Gasteiger partial charge in [-0.05, 0) is 20.8 Å². The lowest BCUT2D eigenvalue weighted by Crippen LogP contribution is -2.35. The Morgan fingerprint density at radius 1 is 1.69 bits per heavy atom. The molecule has 0 bridgehead atoms. The largest absolute Gasteiger partial charge is 0.362 e. The van der Waals surface area contributed by atoms with Crippen molar-refractivity contribution >= 4 is 5.78 Å². The first kappa shape index (κ1) is 12.9. The molecule has 0 spiro atoms. The number of hydrogen-bond acceptors (Lipinski definition) is 4. The maximum atomic E-state index is 11.6. The van der Waals surface area contributed by atoms with Gasteiger partial charge in [0.15, 0.2) is 12.4 Å². The summed E-state index contributed by atoms with van der Waals surface area (Å²) in [6.07, 6.45) is 3.69. The summed E-state index contributed by atoms with van der Waals surface area (Å²) in [7, 11) is 0. The van der Waals surface area contributed by atoms with Crippen molar-refractivity contribution in [1.82, 2.24) is 9.97 Å². The molecule has 0 aromatic carbocycles. The van der Waals surface area contributed by atoms with Crippen LogP contribution in [0, 0.1) is 6.61 Å². The molecule has 0 aliphatic carbocycles. The molecule has 89 valence electrons. The van der Waals surface area contributed by atoms with Crippen LogP contribution < -0.4 is 5.73 Å². The summed E-state index contributed by atoms with van der Waals surface area (Å²) >= 11 is 0. The Labute approximate surface area is 95.4 Å². The highest BCUT2D eigenvalue weighted by atomic mass is 16.5. The highest BCUT2D eigenvalue weighted by molar-refractivity contribution is 5.90. The van der Waals surface area contributed by atoms with E-state index in [2.05, 4.69) is 9.97 Å². The van der Waals surface area contributed by atoms with E-state index >= 15 is 0 Å². The third-order valence-electron chi connectivity index (χ3n) is 1.88. The number of H-pyrrole nitrogens is 1. The minimum absolute atomic E-state index is 0.224. The van der Waals surface area contributed by atoms with Crippen LogP contribution in [-0.4, -0.2) is 27.4 Å². The van der Waals surface area contributed by atoms with Crippen LogP contribution in [-0.2, 0) is 16.0 Å². The SMILES string of the molecule is CC(C)(C)O[CH]C(=O)[C@@H](N)Cc1c[nH]cn1. The van der Waals surface area contributed by atoms with Crippen LogP contribution in [0.15, 0.2) is 12.5 Å². The Bertz CT molecular complexity index is 327. The van der Waals surface area contributed by atoms with Crippen molar-refractivity contribution in [3.05, 3.63) is 24.8 Å². The van der Waals surface area contributed by atoms with Crippen molar-refractivity contribution in [2.75, 3.05) is 0 Å². The molecule has 0 saturated heterocycles. The molecule has 5 heteroatoms. The fourth-order valence-corrected chi connectivity index (χ4v) is 1.05. The standard InChI is InChI=1S/C11H18N3O2/c1-11(2,3)16-6-10(15)9(12)4-8-5-13-7-14-8/h5-7,9H,4,12H2,1-3H3,(H,13,14)/t9-/m0/s1. The minimum Gasteiger partial charge on any atom is -0.362 e. The van der Waals surface area contributed by atoms with Crippen molar-refractivity contribution in [2.45, 2.75) is 38.8 Å². The Hall–Kier alpha value is -1.20. The summed E-state index contributed by atoms with van der Waals surface area (Å²) in [6, 6.07) is -0.606. The second kappa shape index (κ2) is 5.23. The molecular weight excluding hydrogens is 206 g/mol. The number of imidazole rings is 1. The molecular formula is C11H18N3O2. The van der Waals surface area contributed by atoms with Gasteiger partial charge in [-0.2, -0.15) is 0 Å². The van der Waals surface area contributed by atoms with E-state index in [9.17, 15) is 4.79 Å². The number of ether oxygens (including phenoxy) is 1. The van der Waals surface area contributed by atoms with Crippen LogP contribution >= 0.6 is 0 Å². The van der Waals surface area contributed by atoms with Crippen LogP contribution in [0.2, 0.25) is 0 Å². The van der Waals surface area contributed by atoms with Gasteiger partial charge in [0, 0.05) is 12.6 Å². The van der Waals surface area contributed by atoms with Crippen molar-refractivity contribution in [3.63, 3.8) is 0 Å². The first-order valence-corrected chi connectivity index (χ1v) is 5.16. The molecule has 0 fully saturated rings. The normalized spacial score (nSPS) is 13.8. The molecule has 0 aliphatic heterocycles. The van der Waals surface area contributed by atoms with Gasteiger partial charge in [-0.15, -0.1) is 0 Å². The third kappa shape index (κ3) is 4.55. The van der Waals surface area contributed by atoms with Crippen molar-refractivity contribution in [3.8, 4) is 0 Å². The summed E-state index contributed by atoms with van der Waals surface area (Å²) in [6.45, 7) is 6.80. The monoisotopic (exact) mass is 224 g/mol. The number of hydrogen-bond donors (Lipinski definition) is 2. The number of ketones is 1. The maximum Gasteiger partial charge on any atom is 0.181 e. The van der Waals surface area contributed by atoms with Gasteiger partial charge in [-0.25, -0.2) is 4.98 Å². The van der Waals surface area contributed by atoms with Crippen LogP contribution in [0.5, 0.6) is 0 Å². The lowest BCUT2D eigenvalue weighted by Gasteiger charge is -2.19. The Morgan fingerprint density at radius 2 is 2.38 bits per heavy atom. The van der Waals surface area contributed by atoms with E-state index in [1.54, 1.807) is 12.5 Å². The molecule has 0 amide bonds. The zero-order valence-electron chi connectivity index (χ0n) is 9.86. The summed E-state index contributed by atoms with van der Waals surface area (Å²) in [4.78, 5) is 18.4. The van der Waals surface area contributed by atoms with Gasteiger partial charge < -0.3 is 15.5 Å². The molecule has 1 radical (unpaired) electrons. The predicted octanol–water partition coefficient (Wildman–Crippen LogP) is 0.825. The predicted molar refractivity (Wildman–Crippen MR) is 60.4 cm³/mol. The first-order valence-electron chi connectivity index (χ1n) is 5.16. The van der Waals surface area contributed by atoms with E-state index in [1.165, 1.54) is 6.61 Å². The van der Waals surface area contributed by atoms with Crippen molar-refractivity contribution in [2.24, 2.45) is 5.73 Å². The third-order valence-corrected chi connectivity index (χ3v) is 1.88. The van der Waals surface area contributed by atoms with E-state index in [0.29, 0.717) is 6.42 Å². The Balaban J connectivity index is 2.37. The highest BCUT2D eigenvalue weighted by Gasteiger charge is 2.19. The fraction of sp³-hybridized carbons (Fsp3) is 0.545. The number of aromatic nitrogens is 2. The number of carbonyl (C=O) groups is 1. The molecule has 0 saturated carbocycles. The lowest BCUT2D eigenvalue weighted by molar-refractivity contribution is -0.123. The number of nitrogens with zero attached hydrogens (tertiary/aromatic N) is 1. The molecule has 5 nitrogen and oxygen atoms in total. The van der Waals surface area contributed by atoms with Gasteiger partial charge >= 0.3 is 0 Å². The van der Waals surface area contributed by atoms with E-state index in [-0.39, 0.29) is 11.4 Å². The minimum atomic E-state index is -0.606. The van der Waals surface area contributed by atoms with E-state index in [0.717, 1.165) is 5.69 Å². The number of nitrogens with two attached hydrogens (primary N) is 1. The molecule has 1 atom stereocenters. The molecule has 16 heavy (non-hydrogen) atoms. The Kier molecular flexibility index (Phi) is 4.20. The molecule has 1 heterocycles. The average Bonchev–Trinajstić information content (AvgIpc) is 2.65. The van der Waals surface area contributed by atoms with E-state index in [4.69, 9.17) is 10.5 Å².